The van der Waals surface area contributed by atoms with Crippen molar-refractivity contribution in [2.24, 2.45) is 0 Å². The first-order chi connectivity index (χ1) is 11.5. The Balaban J connectivity index is 3.00. The van der Waals surface area contributed by atoms with Gasteiger partial charge in [-0.25, -0.2) is 0 Å². The minimum atomic E-state index is 0.490. The average molecular weight is 347 g/mol. The van der Waals surface area contributed by atoms with Crippen LogP contribution in [0.3, 0.4) is 0 Å². The summed E-state index contributed by atoms with van der Waals surface area (Å²) in [6.07, 6.45) is 15.9. The van der Waals surface area contributed by atoms with Crippen molar-refractivity contribution in [1.82, 2.24) is 0 Å². The van der Waals surface area contributed by atoms with Crippen LogP contribution < -0.4 is 0 Å². The van der Waals surface area contributed by atoms with Crippen LogP contribution in [-0.2, 0) is 11.2 Å². The number of rotatable bonds is 11. The molecule has 1 rings (SSSR count). The number of aldehydes is 1. The molecule has 134 valence electrons. The molecule has 0 saturated carbocycles. The standard InChI is InChI=1S/C22H34OS/c1-6-7-8-9-10-11-13-19-20(14-12-15-23)22(18(4)5)24-21(19)16-17(2)3/h12,14-16,18H,6-11,13H2,1-5H3/b14-12+. The summed E-state index contributed by atoms with van der Waals surface area (Å²) in [6, 6.07) is 0. The van der Waals surface area contributed by atoms with Crippen molar-refractivity contribution in [1.29, 1.82) is 0 Å². The summed E-state index contributed by atoms with van der Waals surface area (Å²) in [5.74, 6) is 0.490. The minimum absolute atomic E-state index is 0.490. The molecular weight excluding hydrogens is 312 g/mol. The Kier molecular flexibility index (Phi) is 9.94. The highest BCUT2D eigenvalue weighted by molar-refractivity contribution is 7.13. The van der Waals surface area contributed by atoms with Crippen molar-refractivity contribution in [2.45, 2.75) is 85.5 Å². The summed E-state index contributed by atoms with van der Waals surface area (Å²) < 4.78 is 0. The third-order valence-electron chi connectivity index (χ3n) is 4.17. The Hall–Kier alpha value is -1.15. The zero-order chi connectivity index (χ0) is 17.9. The summed E-state index contributed by atoms with van der Waals surface area (Å²) in [5, 5.41) is 0. The fraction of sp³-hybridized carbons (Fsp3) is 0.591. The topological polar surface area (TPSA) is 17.1 Å². The second-order valence-corrected chi connectivity index (χ2v) is 8.20. The number of carbonyl (C=O) groups is 1. The molecule has 1 aromatic heterocycles. The Labute approximate surface area is 152 Å². The predicted octanol–water partition coefficient (Wildman–Crippen LogP) is 7.41. The Bertz CT molecular complexity index is 557. The fourth-order valence-electron chi connectivity index (χ4n) is 2.98. The summed E-state index contributed by atoms with van der Waals surface area (Å²) >= 11 is 1.90. The van der Waals surface area contributed by atoms with Crippen LogP contribution in [0.2, 0.25) is 0 Å². The van der Waals surface area contributed by atoms with Crippen LogP contribution in [0.4, 0.5) is 0 Å². The van der Waals surface area contributed by atoms with Gasteiger partial charge >= 0.3 is 0 Å². The van der Waals surface area contributed by atoms with E-state index in [0.717, 1.165) is 12.7 Å². The Morgan fingerprint density at radius 3 is 2.33 bits per heavy atom. The highest BCUT2D eigenvalue weighted by atomic mass is 32.1. The summed E-state index contributed by atoms with van der Waals surface area (Å²) in [7, 11) is 0. The fourth-order valence-corrected chi connectivity index (χ4v) is 4.39. The van der Waals surface area contributed by atoms with E-state index >= 15 is 0 Å². The monoisotopic (exact) mass is 346 g/mol. The number of hydrogen-bond acceptors (Lipinski definition) is 2. The van der Waals surface area contributed by atoms with E-state index in [1.54, 1.807) is 6.08 Å². The van der Waals surface area contributed by atoms with Gasteiger partial charge in [0.15, 0.2) is 0 Å². The van der Waals surface area contributed by atoms with Crippen LogP contribution in [-0.4, -0.2) is 6.29 Å². The van der Waals surface area contributed by atoms with Gasteiger partial charge < -0.3 is 0 Å². The first-order valence-corrected chi connectivity index (χ1v) is 10.2. The van der Waals surface area contributed by atoms with E-state index in [2.05, 4.69) is 40.7 Å². The first-order valence-electron chi connectivity index (χ1n) is 9.43. The van der Waals surface area contributed by atoms with Crippen molar-refractivity contribution in [3.63, 3.8) is 0 Å². The van der Waals surface area contributed by atoms with Gasteiger partial charge in [-0.3, -0.25) is 4.79 Å². The first kappa shape index (κ1) is 20.9. The van der Waals surface area contributed by atoms with Gasteiger partial charge in [0.05, 0.1) is 0 Å². The van der Waals surface area contributed by atoms with Crippen LogP contribution in [0.15, 0.2) is 11.6 Å². The molecule has 0 N–H and O–H groups in total. The van der Waals surface area contributed by atoms with E-state index in [-0.39, 0.29) is 0 Å². The average Bonchev–Trinajstić information content (AvgIpc) is 2.86. The van der Waals surface area contributed by atoms with Crippen molar-refractivity contribution < 1.29 is 4.79 Å². The quantitative estimate of drug-likeness (QED) is 0.231. The molecule has 0 atom stereocenters. The van der Waals surface area contributed by atoms with E-state index in [1.807, 2.05) is 17.4 Å². The van der Waals surface area contributed by atoms with E-state index in [4.69, 9.17) is 0 Å². The van der Waals surface area contributed by atoms with Gasteiger partial charge in [0.1, 0.15) is 6.29 Å². The molecule has 0 aliphatic carbocycles. The van der Waals surface area contributed by atoms with E-state index < -0.39 is 0 Å². The molecule has 0 unspecified atom stereocenters. The molecule has 2 heteroatoms. The number of unbranched alkanes of at least 4 members (excludes halogenated alkanes) is 5. The van der Waals surface area contributed by atoms with E-state index in [9.17, 15) is 4.79 Å². The van der Waals surface area contributed by atoms with Gasteiger partial charge in [-0.15, -0.1) is 11.3 Å². The Morgan fingerprint density at radius 1 is 1.08 bits per heavy atom. The lowest BCUT2D eigenvalue weighted by Gasteiger charge is -2.07. The molecule has 0 amide bonds. The molecule has 0 aliphatic heterocycles. The van der Waals surface area contributed by atoms with Crippen LogP contribution in [0.25, 0.3) is 12.2 Å². The van der Waals surface area contributed by atoms with Crippen molar-refractivity contribution in [3.05, 3.63) is 32.5 Å². The molecule has 0 radical (unpaired) electrons. The molecular formula is C22H34OS. The third kappa shape index (κ3) is 6.76. The van der Waals surface area contributed by atoms with E-state index in [0.29, 0.717) is 5.92 Å². The van der Waals surface area contributed by atoms with Crippen LogP contribution in [0.5, 0.6) is 0 Å². The van der Waals surface area contributed by atoms with Crippen LogP contribution in [0, 0.1) is 0 Å². The largest absolute Gasteiger partial charge is 0.299 e. The molecule has 24 heavy (non-hydrogen) atoms. The van der Waals surface area contributed by atoms with Crippen LogP contribution >= 0.6 is 11.3 Å². The zero-order valence-corrected chi connectivity index (χ0v) is 17.0. The van der Waals surface area contributed by atoms with Crippen molar-refractivity contribution in [3.8, 4) is 0 Å². The number of thiophene rings is 1. The van der Waals surface area contributed by atoms with Gasteiger partial charge in [-0.1, -0.05) is 64.5 Å². The highest BCUT2D eigenvalue weighted by Crippen LogP contribution is 2.37. The lowest BCUT2D eigenvalue weighted by Crippen LogP contribution is -1.93. The molecule has 0 spiro atoms. The maximum absolute atomic E-state index is 10.8. The molecule has 1 heterocycles. The van der Waals surface area contributed by atoms with Gasteiger partial charge in [0, 0.05) is 9.75 Å². The molecule has 0 saturated heterocycles. The summed E-state index contributed by atoms with van der Waals surface area (Å²) in [4.78, 5) is 13.6. The number of allylic oxidation sites excluding steroid dienone is 2. The van der Waals surface area contributed by atoms with Crippen molar-refractivity contribution in [2.75, 3.05) is 0 Å². The molecule has 0 bridgehead atoms. The SMILES string of the molecule is CCCCCCCCc1c(C=C(C)C)sc(C(C)C)c1/C=C/C=O. The molecule has 1 aromatic rings. The summed E-state index contributed by atoms with van der Waals surface area (Å²) in [5.41, 5.74) is 4.07. The van der Waals surface area contributed by atoms with Crippen LogP contribution in [0.1, 0.15) is 99.9 Å². The second kappa shape index (κ2) is 11.4. The molecule has 0 aromatic carbocycles. The highest BCUT2D eigenvalue weighted by Gasteiger charge is 2.17. The zero-order valence-electron chi connectivity index (χ0n) is 16.2. The smallest absolute Gasteiger partial charge is 0.142 e. The maximum atomic E-state index is 10.8. The predicted molar refractivity (Wildman–Crippen MR) is 110 cm³/mol. The van der Waals surface area contributed by atoms with Gasteiger partial charge in [0.25, 0.3) is 0 Å². The number of carbonyl (C=O) groups excluding carboxylic acids is 1. The lowest BCUT2D eigenvalue weighted by molar-refractivity contribution is -0.104. The van der Waals surface area contributed by atoms with Crippen molar-refractivity contribution >= 4 is 29.8 Å². The van der Waals surface area contributed by atoms with Gasteiger partial charge in [-0.05, 0) is 55.9 Å². The maximum Gasteiger partial charge on any atom is 0.142 e. The van der Waals surface area contributed by atoms with E-state index in [1.165, 1.54) is 65.0 Å². The van der Waals surface area contributed by atoms with Gasteiger partial charge in [-0.2, -0.15) is 0 Å². The summed E-state index contributed by atoms with van der Waals surface area (Å²) in [6.45, 7) is 11.1. The molecule has 0 fully saturated rings. The Morgan fingerprint density at radius 2 is 1.75 bits per heavy atom. The minimum Gasteiger partial charge on any atom is -0.299 e. The van der Waals surface area contributed by atoms with Gasteiger partial charge in [0.2, 0.25) is 0 Å². The lowest BCUT2D eigenvalue weighted by atomic mass is 9.97. The molecule has 1 nitrogen and oxygen atoms in total. The number of hydrogen-bond donors (Lipinski definition) is 0. The third-order valence-corrected chi connectivity index (χ3v) is 5.67. The molecule has 0 aliphatic rings. The normalized spacial score (nSPS) is 11.4. The second-order valence-electron chi connectivity index (χ2n) is 7.11.